The highest BCUT2D eigenvalue weighted by Gasteiger charge is 2.11. The van der Waals surface area contributed by atoms with Crippen molar-refractivity contribution in [3.8, 4) is 0 Å². The van der Waals surface area contributed by atoms with E-state index in [0.717, 1.165) is 16.7 Å². The van der Waals surface area contributed by atoms with E-state index in [4.69, 9.17) is 5.73 Å². The van der Waals surface area contributed by atoms with Crippen LogP contribution in [0.2, 0.25) is 0 Å². The van der Waals surface area contributed by atoms with Gasteiger partial charge in [-0.15, -0.1) is 0 Å². The number of aryl methyl sites for hydroxylation is 2. The highest BCUT2D eigenvalue weighted by Crippen LogP contribution is 2.26. The zero-order valence-corrected chi connectivity index (χ0v) is 11.4. The van der Waals surface area contributed by atoms with Gasteiger partial charge in [0, 0.05) is 5.56 Å². The van der Waals surface area contributed by atoms with E-state index >= 15 is 0 Å². The Kier molecular flexibility index (Phi) is 3.56. The molecule has 2 aromatic carbocycles. The average Bonchev–Trinajstić information content (AvgIpc) is 2.39. The van der Waals surface area contributed by atoms with Crippen LogP contribution in [0, 0.1) is 20.8 Å². The maximum absolute atomic E-state index is 12.2. The van der Waals surface area contributed by atoms with Crippen LogP contribution in [0.5, 0.6) is 0 Å². The number of hydrogen-bond acceptors (Lipinski definition) is 2. The van der Waals surface area contributed by atoms with Crippen LogP contribution < -0.4 is 11.1 Å². The van der Waals surface area contributed by atoms with Crippen molar-refractivity contribution in [3.63, 3.8) is 0 Å². The minimum absolute atomic E-state index is 0.135. The van der Waals surface area contributed by atoms with Gasteiger partial charge in [-0.3, -0.25) is 4.79 Å². The van der Waals surface area contributed by atoms with Crippen LogP contribution >= 0.6 is 0 Å². The molecule has 0 fully saturated rings. The summed E-state index contributed by atoms with van der Waals surface area (Å²) >= 11 is 0. The van der Waals surface area contributed by atoms with Crippen LogP contribution in [0.4, 0.5) is 11.4 Å². The lowest BCUT2D eigenvalue weighted by atomic mass is 10.1. The van der Waals surface area contributed by atoms with E-state index in [1.807, 2.05) is 51.1 Å². The van der Waals surface area contributed by atoms with Crippen LogP contribution in [-0.4, -0.2) is 5.91 Å². The molecule has 0 atom stereocenters. The second kappa shape index (κ2) is 5.14. The highest BCUT2D eigenvalue weighted by atomic mass is 16.1. The number of hydrogen-bond donors (Lipinski definition) is 2. The van der Waals surface area contributed by atoms with Crippen molar-refractivity contribution in [2.45, 2.75) is 20.8 Å². The van der Waals surface area contributed by atoms with Crippen molar-refractivity contribution in [1.29, 1.82) is 0 Å². The summed E-state index contributed by atoms with van der Waals surface area (Å²) in [7, 11) is 0. The molecule has 1 amide bonds. The molecule has 0 saturated carbocycles. The molecule has 0 bridgehead atoms. The third-order valence-corrected chi connectivity index (χ3v) is 3.29. The van der Waals surface area contributed by atoms with Gasteiger partial charge in [-0.25, -0.2) is 0 Å². The van der Waals surface area contributed by atoms with Crippen molar-refractivity contribution in [2.24, 2.45) is 0 Å². The molecule has 0 aliphatic carbocycles. The number of amides is 1. The average molecular weight is 254 g/mol. The number of nitrogens with two attached hydrogens (primary N) is 1. The Balaban J connectivity index is 2.32. The van der Waals surface area contributed by atoms with Gasteiger partial charge in [-0.05, 0) is 50.1 Å². The fraction of sp³-hybridized carbons (Fsp3) is 0.188. The molecule has 0 aliphatic heterocycles. The van der Waals surface area contributed by atoms with Gasteiger partial charge in [0.25, 0.3) is 5.91 Å². The lowest BCUT2D eigenvalue weighted by molar-refractivity contribution is 0.102. The smallest absolute Gasteiger partial charge is 0.255 e. The molecule has 2 rings (SSSR count). The van der Waals surface area contributed by atoms with E-state index in [2.05, 4.69) is 5.32 Å². The maximum atomic E-state index is 12.2. The second-order valence-corrected chi connectivity index (χ2v) is 4.80. The first-order chi connectivity index (χ1) is 8.99. The fourth-order valence-electron chi connectivity index (χ4n) is 1.97. The van der Waals surface area contributed by atoms with Gasteiger partial charge in [-0.2, -0.15) is 0 Å². The molecule has 0 spiro atoms. The van der Waals surface area contributed by atoms with Gasteiger partial charge in [0.2, 0.25) is 0 Å². The van der Waals surface area contributed by atoms with Crippen LogP contribution in [0.15, 0.2) is 36.4 Å². The number of carbonyl (C=O) groups excluding carboxylic acids is 1. The molecule has 0 aromatic heterocycles. The molecule has 0 unspecified atom stereocenters. The van der Waals surface area contributed by atoms with Crippen LogP contribution in [0.1, 0.15) is 27.0 Å². The second-order valence-electron chi connectivity index (χ2n) is 4.80. The zero-order chi connectivity index (χ0) is 14.0. The molecule has 2 aromatic rings. The van der Waals surface area contributed by atoms with Crippen LogP contribution in [0.3, 0.4) is 0 Å². The first-order valence-corrected chi connectivity index (χ1v) is 6.22. The quantitative estimate of drug-likeness (QED) is 0.806. The Labute approximate surface area is 113 Å². The molecule has 0 saturated heterocycles. The van der Waals surface area contributed by atoms with Gasteiger partial charge in [0.1, 0.15) is 0 Å². The third-order valence-electron chi connectivity index (χ3n) is 3.29. The van der Waals surface area contributed by atoms with Gasteiger partial charge >= 0.3 is 0 Å². The van der Waals surface area contributed by atoms with Crippen molar-refractivity contribution in [2.75, 3.05) is 11.1 Å². The number of nitrogens with one attached hydrogen (secondary N) is 1. The molecule has 0 aliphatic rings. The lowest BCUT2D eigenvalue weighted by Crippen LogP contribution is -2.14. The Bertz CT molecular complexity index is 633. The molecular formula is C16H18N2O. The summed E-state index contributed by atoms with van der Waals surface area (Å²) in [6.07, 6.45) is 0. The molecular weight excluding hydrogens is 236 g/mol. The lowest BCUT2D eigenvalue weighted by Gasteiger charge is -2.13. The highest BCUT2D eigenvalue weighted by molar-refractivity contribution is 6.06. The monoisotopic (exact) mass is 254 g/mol. The topological polar surface area (TPSA) is 55.1 Å². The van der Waals surface area contributed by atoms with E-state index < -0.39 is 0 Å². The van der Waals surface area contributed by atoms with Gasteiger partial charge in [0.05, 0.1) is 11.4 Å². The minimum atomic E-state index is -0.135. The van der Waals surface area contributed by atoms with E-state index in [-0.39, 0.29) is 5.91 Å². The number of benzene rings is 2. The predicted molar refractivity (Wildman–Crippen MR) is 79.5 cm³/mol. The molecule has 0 heterocycles. The predicted octanol–water partition coefficient (Wildman–Crippen LogP) is 3.45. The summed E-state index contributed by atoms with van der Waals surface area (Å²) < 4.78 is 0. The molecule has 3 nitrogen and oxygen atoms in total. The molecule has 98 valence electrons. The van der Waals surface area contributed by atoms with E-state index in [1.165, 1.54) is 0 Å². The Hall–Kier alpha value is -2.29. The zero-order valence-electron chi connectivity index (χ0n) is 11.4. The first kappa shape index (κ1) is 13.1. The van der Waals surface area contributed by atoms with Crippen molar-refractivity contribution >= 4 is 17.3 Å². The summed E-state index contributed by atoms with van der Waals surface area (Å²) in [6, 6.07) is 11.3. The third kappa shape index (κ3) is 2.76. The number of anilines is 2. The van der Waals surface area contributed by atoms with Crippen LogP contribution in [0.25, 0.3) is 0 Å². The SMILES string of the molecule is Cc1cccc(C(=O)Nc2c(N)ccc(C)c2C)c1. The molecule has 3 N–H and O–H groups in total. The van der Waals surface area contributed by atoms with Crippen molar-refractivity contribution in [1.82, 2.24) is 0 Å². The van der Waals surface area contributed by atoms with Gasteiger partial charge < -0.3 is 11.1 Å². The number of nitrogen functional groups attached to an aromatic ring is 1. The standard InChI is InChI=1S/C16H18N2O/c1-10-5-4-6-13(9-10)16(19)18-15-12(3)11(2)7-8-14(15)17/h4-9H,17H2,1-3H3,(H,18,19). The number of rotatable bonds is 2. The Morgan fingerprint density at radius 3 is 2.53 bits per heavy atom. The molecule has 3 heteroatoms. The molecule has 0 radical (unpaired) electrons. The van der Waals surface area contributed by atoms with E-state index in [0.29, 0.717) is 16.9 Å². The Morgan fingerprint density at radius 2 is 1.84 bits per heavy atom. The largest absolute Gasteiger partial charge is 0.397 e. The molecule has 19 heavy (non-hydrogen) atoms. The fourth-order valence-corrected chi connectivity index (χ4v) is 1.97. The summed E-state index contributed by atoms with van der Waals surface area (Å²) in [5, 5.41) is 2.90. The maximum Gasteiger partial charge on any atom is 0.255 e. The van der Waals surface area contributed by atoms with Crippen molar-refractivity contribution in [3.05, 3.63) is 58.7 Å². The summed E-state index contributed by atoms with van der Waals surface area (Å²) in [4.78, 5) is 12.2. The van der Waals surface area contributed by atoms with Gasteiger partial charge in [0.15, 0.2) is 0 Å². The van der Waals surface area contributed by atoms with Crippen molar-refractivity contribution < 1.29 is 4.79 Å². The van der Waals surface area contributed by atoms with Gasteiger partial charge in [-0.1, -0.05) is 23.8 Å². The normalized spacial score (nSPS) is 10.3. The number of carbonyl (C=O) groups is 1. The van der Waals surface area contributed by atoms with E-state index in [9.17, 15) is 4.79 Å². The minimum Gasteiger partial charge on any atom is -0.397 e. The van der Waals surface area contributed by atoms with E-state index in [1.54, 1.807) is 6.07 Å². The summed E-state index contributed by atoms with van der Waals surface area (Å²) in [6.45, 7) is 5.91. The summed E-state index contributed by atoms with van der Waals surface area (Å²) in [5.41, 5.74) is 11.0. The Morgan fingerprint density at radius 1 is 1.11 bits per heavy atom. The summed E-state index contributed by atoms with van der Waals surface area (Å²) in [5.74, 6) is -0.135. The first-order valence-electron chi connectivity index (χ1n) is 6.22. The van der Waals surface area contributed by atoms with Crippen LogP contribution in [-0.2, 0) is 0 Å².